The van der Waals surface area contributed by atoms with Crippen molar-refractivity contribution in [1.29, 1.82) is 0 Å². The quantitative estimate of drug-likeness (QED) is 0.707. The van der Waals surface area contributed by atoms with Gasteiger partial charge in [-0.1, -0.05) is 36.5 Å². The Labute approximate surface area is 157 Å². The number of thiazole rings is 1. The fraction of sp³-hybridized carbons (Fsp3) is 0.263. The molecule has 2 aromatic carbocycles. The summed E-state index contributed by atoms with van der Waals surface area (Å²) < 4.78 is 25.6. The molecule has 0 saturated carbocycles. The van der Waals surface area contributed by atoms with Crippen molar-refractivity contribution >= 4 is 42.4 Å². The van der Waals surface area contributed by atoms with Gasteiger partial charge in [0.15, 0.2) is 15.0 Å². The largest absolute Gasteiger partial charge is 0.298 e. The van der Waals surface area contributed by atoms with Crippen molar-refractivity contribution < 1.29 is 13.2 Å². The minimum Gasteiger partial charge on any atom is -0.298 e. The van der Waals surface area contributed by atoms with Crippen LogP contribution in [-0.2, 0) is 16.3 Å². The zero-order chi connectivity index (χ0) is 18.9. The minimum atomic E-state index is -3.43. The van der Waals surface area contributed by atoms with E-state index in [0.717, 1.165) is 22.2 Å². The summed E-state index contributed by atoms with van der Waals surface area (Å²) in [6, 6.07) is 12.1. The Kier molecular flexibility index (Phi) is 5.11. The first-order valence-electron chi connectivity index (χ1n) is 8.36. The van der Waals surface area contributed by atoms with Crippen molar-refractivity contribution in [2.75, 3.05) is 5.32 Å². The van der Waals surface area contributed by atoms with Gasteiger partial charge in [-0.2, -0.15) is 0 Å². The molecule has 0 spiro atoms. The van der Waals surface area contributed by atoms with Gasteiger partial charge in [0.2, 0.25) is 0 Å². The van der Waals surface area contributed by atoms with Crippen LogP contribution in [0.25, 0.3) is 10.2 Å². The van der Waals surface area contributed by atoms with Crippen LogP contribution < -0.4 is 5.32 Å². The fourth-order valence-corrected chi connectivity index (χ4v) is 4.61. The average Bonchev–Trinajstić information content (AvgIpc) is 3.03. The summed E-state index contributed by atoms with van der Waals surface area (Å²) in [7, 11) is -3.43. The van der Waals surface area contributed by atoms with E-state index in [1.807, 2.05) is 18.2 Å². The highest BCUT2D eigenvalue weighted by Crippen LogP contribution is 2.29. The topological polar surface area (TPSA) is 76.1 Å². The van der Waals surface area contributed by atoms with Crippen LogP contribution in [0.5, 0.6) is 0 Å². The molecule has 0 atom stereocenters. The van der Waals surface area contributed by atoms with E-state index in [1.165, 1.54) is 23.5 Å². The molecule has 1 aromatic heterocycles. The first kappa shape index (κ1) is 18.5. The second-order valence-electron chi connectivity index (χ2n) is 6.21. The minimum absolute atomic E-state index is 0.151. The standard InChI is InChI=1S/C19H20N2O3S2/c1-4-13-7-6-10-16-17(13)20-19(25-16)21-18(22)14-8-5-9-15(11-14)26(23,24)12(2)3/h5-12H,4H2,1-3H3,(H,20,21,22). The summed E-state index contributed by atoms with van der Waals surface area (Å²) in [5, 5.41) is 2.74. The zero-order valence-electron chi connectivity index (χ0n) is 14.8. The lowest BCUT2D eigenvalue weighted by Gasteiger charge is -2.09. The Morgan fingerprint density at radius 1 is 1.19 bits per heavy atom. The van der Waals surface area contributed by atoms with Crippen molar-refractivity contribution in [3.8, 4) is 0 Å². The highest BCUT2D eigenvalue weighted by Gasteiger charge is 2.20. The molecule has 3 aromatic rings. The molecule has 7 heteroatoms. The highest BCUT2D eigenvalue weighted by atomic mass is 32.2. The van der Waals surface area contributed by atoms with Crippen molar-refractivity contribution in [2.45, 2.75) is 37.3 Å². The number of benzene rings is 2. The summed E-state index contributed by atoms with van der Waals surface area (Å²) in [6.07, 6.45) is 0.865. The molecule has 0 fully saturated rings. The van der Waals surface area contributed by atoms with E-state index in [2.05, 4.69) is 17.2 Å². The number of nitrogens with zero attached hydrogens (tertiary/aromatic N) is 1. The number of rotatable bonds is 5. The number of fused-ring (bicyclic) bond motifs is 1. The molecule has 0 aliphatic heterocycles. The summed E-state index contributed by atoms with van der Waals surface area (Å²) >= 11 is 1.40. The van der Waals surface area contributed by atoms with Gasteiger partial charge in [0.25, 0.3) is 5.91 Å². The third-order valence-corrected chi connectivity index (χ3v) is 7.24. The summed E-state index contributed by atoms with van der Waals surface area (Å²) in [6.45, 7) is 5.30. The molecule has 1 N–H and O–H groups in total. The first-order chi connectivity index (χ1) is 12.3. The molecule has 0 saturated heterocycles. The Morgan fingerprint density at radius 2 is 1.92 bits per heavy atom. The molecule has 1 amide bonds. The number of hydrogen-bond donors (Lipinski definition) is 1. The molecule has 0 aliphatic rings. The third kappa shape index (κ3) is 3.50. The van der Waals surface area contributed by atoms with Gasteiger partial charge in [-0.25, -0.2) is 13.4 Å². The third-order valence-electron chi connectivity index (χ3n) is 4.15. The predicted molar refractivity (Wildman–Crippen MR) is 106 cm³/mol. The number of anilines is 1. The number of aromatic nitrogens is 1. The zero-order valence-corrected chi connectivity index (χ0v) is 16.4. The highest BCUT2D eigenvalue weighted by molar-refractivity contribution is 7.92. The first-order valence-corrected chi connectivity index (χ1v) is 10.7. The van der Waals surface area contributed by atoms with Gasteiger partial charge in [-0.3, -0.25) is 10.1 Å². The van der Waals surface area contributed by atoms with Crippen LogP contribution in [0.4, 0.5) is 5.13 Å². The van der Waals surface area contributed by atoms with E-state index in [0.29, 0.717) is 10.7 Å². The number of carbonyl (C=O) groups is 1. The SMILES string of the molecule is CCc1cccc2sc(NC(=O)c3cccc(S(=O)(=O)C(C)C)c3)nc12. The van der Waals surface area contributed by atoms with Crippen molar-refractivity contribution in [3.63, 3.8) is 0 Å². The Balaban J connectivity index is 1.89. The Hall–Kier alpha value is -2.25. The molecular weight excluding hydrogens is 368 g/mol. The fourth-order valence-electron chi connectivity index (χ4n) is 2.60. The van der Waals surface area contributed by atoms with Gasteiger partial charge in [0, 0.05) is 5.56 Å². The molecule has 1 heterocycles. The molecule has 0 radical (unpaired) electrons. The number of sulfone groups is 1. The number of carbonyl (C=O) groups excluding carboxylic acids is 1. The van der Waals surface area contributed by atoms with Crippen LogP contribution in [0, 0.1) is 0 Å². The predicted octanol–water partition coefficient (Wildman–Crippen LogP) is 4.29. The van der Waals surface area contributed by atoms with Gasteiger partial charge in [0.1, 0.15) is 0 Å². The lowest BCUT2D eigenvalue weighted by molar-refractivity contribution is 0.102. The number of nitrogens with one attached hydrogen (secondary N) is 1. The van der Waals surface area contributed by atoms with Gasteiger partial charge in [-0.05, 0) is 50.1 Å². The number of para-hydroxylation sites is 1. The molecule has 5 nitrogen and oxygen atoms in total. The van der Waals surface area contributed by atoms with Crippen LogP contribution in [-0.4, -0.2) is 24.6 Å². The van der Waals surface area contributed by atoms with E-state index < -0.39 is 15.1 Å². The smallest absolute Gasteiger partial charge is 0.257 e. The second kappa shape index (κ2) is 7.17. The summed E-state index contributed by atoms with van der Waals surface area (Å²) in [5.74, 6) is -0.372. The molecular formula is C19H20N2O3S2. The van der Waals surface area contributed by atoms with E-state index in [4.69, 9.17) is 0 Å². The number of amides is 1. The molecule has 136 valence electrons. The van der Waals surface area contributed by atoms with Crippen molar-refractivity contribution in [1.82, 2.24) is 4.98 Å². The van der Waals surface area contributed by atoms with Gasteiger partial charge < -0.3 is 0 Å². The molecule has 26 heavy (non-hydrogen) atoms. The van der Waals surface area contributed by atoms with E-state index >= 15 is 0 Å². The Morgan fingerprint density at radius 3 is 2.62 bits per heavy atom. The summed E-state index contributed by atoms with van der Waals surface area (Å²) in [4.78, 5) is 17.2. The van der Waals surface area contributed by atoms with Gasteiger partial charge >= 0.3 is 0 Å². The van der Waals surface area contributed by atoms with Gasteiger partial charge in [0.05, 0.1) is 20.4 Å². The molecule has 0 unspecified atom stereocenters. The van der Waals surface area contributed by atoms with E-state index in [-0.39, 0.29) is 10.8 Å². The molecule has 0 bridgehead atoms. The van der Waals surface area contributed by atoms with Crippen LogP contribution in [0.3, 0.4) is 0 Å². The second-order valence-corrected chi connectivity index (χ2v) is 9.75. The van der Waals surface area contributed by atoms with Crippen molar-refractivity contribution in [2.24, 2.45) is 0 Å². The molecule has 3 rings (SSSR count). The van der Waals surface area contributed by atoms with Crippen LogP contribution in [0.15, 0.2) is 47.4 Å². The monoisotopic (exact) mass is 388 g/mol. The van der Waals surface area contributed by atoms with E-state index in [1.54, 1.807) is 26.0 Å². The van der Waals surface area contributed by atoms with Crippen LogP contribution in [0.1, 0.15) is 36.7 Å². The number of hydrogen-bond acceptors (Lipinski definition) is 5. The lowest BCUT2D eigenvalue weighted by atomic mass is 10.1. The lowest BCUT2D eigenvalue weighted by Crippen LogP contribution is -2.16. The van der Waals surface area contributed by atoms with Crippen LogP contribution in [0.2, 0.25) is 0 Å². The normalized spacial score (nSPS) is 11.8. The van der Waals surface area contributed by atoms with Crippen LogP contribution >= 0.6 is 11.3 Å². The van der Waals surface area contributed by atoms with E-state index in [9.17, 15) is 13.2 Å². The maximum Gasteiger partial charge on any atom is 0.257 e. The van der Waals surface area contributed by atoms with Crippen molar-refractivity contribution in [3.05, 3.63) is 53.6 Å². The average molecular weight is 389 g/mol. The Bertz CT molecular complexity index is 1070. The van der Waals surface area contributed by atoms with Gasteiger partial charge in [-0.15, -0.1) is 0 Å². The molecule has 0 aliphatic carbocycles. The summed E-state index contributed by atoms with van der Waals surface area (Å²) in [5.41, 5.74) is 2.32. The number of aryl methyl sites for hydroxylation is 1. The maximum absolute atomic E-state index is 12.6. The maximum atomic E-state index is 12.6.